The topological polar surface area (TPSA) is 36.7 Å². The van der Waals surface area contributed by atoms with Gasteiger partial charge in [0, 0.05) is 9.77 Å². The highest BCUT2D eigenvalue weighted by Crippen LogP contribution is 2.30. The normalized spacial score (nSPS) is 10.3. The van der Waals surface area contributed by atoms with E-state index >= 15 is 0 Å². The van der Waals surface area contributed by atoms with E-state index in [0.29, 0.717) is 9.13 Å². The average Bonchev–Trinajstić information content (AvgIpc) is 2.13. The van der Waals surface area contributed by atoms with Crippen LogP contribution in [-0.2, 0) is 6.42 Å². The van der Waals surface area contributed by atoms with Gasteiger partial charge < -0.3 is 0 Å². The molecular formula is C8H4ClF2IN2. The molecule has 0 saturated carbocycles. The van der Waals surface area contributed by atoms with Crippen molar-refractivity contribution in [2.75, 3.05) is 0 Å². The number of rotatable bonds is 2. The first-order valence-corrected chi connectivity index (χ1v) is 5.01. The summed E-state index contributed by atoms with van der Waals surface area (Å²) in [6, 6.07) is 1.91. The fourth-order valence-corrected chi connectivity index (χ4v) is 1.73. The molecule has 0 atom stereocenters. The zero-order chi connectivity index (χ0) is 10.7. The van der Waals surface area contributed by atoms with Crippen LogP contribution in [0.5, 0.6) is 0 Å². The predicted octanol–water partition coefficient (Wildman–Crippen LogP) is 3.34. The Kier molecular flexibility index (Phi) is 4.01. The number of hydrogen-bond acceptors (Lipinski definition) is 2. The minimum Gasteiger partial charge on any atom is -0.253 e. The molecule has 0 aliphatic heterocycles. The van der Waals surface area contributed by atoms with Crippen LogP contribution in [0.3, 0.4) is 0 Å². The Morgan fingerprint density at radius 3 is 2.79 bits per heavy atom. The van der Waals surface area contributed by atoms with Crippen LogP contribution in [0.1, 0.15) is 17.7 Å². The van der Waals surface area contributed by atoms with Gasteiger partial charge in [0.25, 0.3) is 6.43 Å². The second kappa shape index (κ2) is 4.84. The third kappa shape index (κ3) is 2.30. The van der Waals surface area contributed by atoms with Gasteiger partial charge >= 0.3 is 0 Å². The summed E-state index contributed by atoms with van der Waals surface area (Å²) in [5.74, 6) is 0. The largest absolute Gasteiger partial charge is 0.281 e. The molecule has 0 unspecified atom stereocenters. The molecule has 1 heterocycles. The molecule has 0 aliphatic rings. The molecule has 1 rings (SSSR count). The molecule has 0 aliphatic carbocycles. The Hall–Kier alpha value is -0.480. The summed E-state index contributed by atoms with van der Waals surface area (Å²) in [5.41, 5.74) is 0.139. The molecule has 0 aromatic carbocycles. The van der Waals surface area contributed by atoms with E-state index < -0.39 is 12.1 Å². The highest BCUT2D eigenvalue weighted by atomic mass is 127. The molecule has 74 valence electrons. The lowest BCUT2D eigenvalue weighted by atomic mass is 10.2. The summed E-state index contributed by atoms with van der Waals surface area (Å²) in [6.45, 7) is 0. The summed E-state index contributed by atoms with van der Waals surface area (Å²) >= 11 is 7.50. The van der Waals surface area contributed by atoms with Crippen molar-refractivity contribution in [1.82, 2.24) is 4.98 Å². The van der Waals surface area contributed by atoms with Gasteiger partial charge in [0.05, 0.1) is 17.5 Å². The third-order valence-electron chi connectivity index (χ3n) is 1.54. The monoisotopic (exact) mass is 328 g/mol. The molecule has 6 heteroatoms. The Morgan fingerprint density at radius 2 is 2.29 bits per heavy atom. The summed E-state index contributed by atoms with van der Waals surface area (Å²) in [4.78, 5) is 3.52. The van der Waals surface area contributed by atoms with Gasteiger partial charge in [-0.2, -0.15) is 5.26 Å². The molecule has 0 saturated heterocycles. The van der Waals surface area contributed by atoms with Crippen LogP contribution < -0.4 is 0 Å². The fourth-order valence-electron chi connectivity index (χ4n) is 0.875. The highest BCUT2D eigenvalue weighted by molar-refractivity contribution is 14.1. The summed E-state index contributed by atoms with van der Waals surface area (Å²) in [5, 5.41) is 8.38. The lowest BCUT2D eigenvalue weighted by molar-refractivity contribution is 0.146. The first kappa shape index (κ1) is 11.6. The van der Waals surface area contributed by atoms with Crippen LogP contribution >= 0.6 is 34.2 Å². The van der Waals surface area contributed by atoms with Crippen molar-refractivity contribution in [3.8, 4) is 6.07 Å². The van der Waals surface area contributed by atoms with Crippen molar-refractivity contribution in [2.24, 2.45) is 0 Å². The number of nitrogens with zero attached hydrogens (tertiary/aromatic N) is 2. The van der Waals surface area contributed by atoms with E-state index in [4.69, 9.17) is 16.9 Å². The first-order chi connectivity index (χ1) is 6.57. The van der Waals surface area contributed by atoms with Crippen LogP contribution in [0.15, 0.2) is 6.20 Å². The minimum atomic E-state index is -2.69. The van der Waals surface area contributed by atoms with E-state index in [9.17, 15) is 8.78 Å². The molecule has 0 fully saturated rings. The van der Waals surface area contributed by atoms with E-state index in [1.165, 1.54) is 6.20 Å². The number of aromatic nitrogens is 1. The second-order valence-electron chi connectivity index (χ2n) is 2.43. The molecule has 0 N–H and O–H groups in total. The van der Waals surface area contributed by atoms with Gasteiger partial charge in [-0.1, -0.05) is 11.6 Å². The smallest absolute Gasteiger partial charge is 0.253 e. The zero-order valence-electron chi connectivity index (χ0n) is 6.77. The summed E-state index contributed by atoms with van der Waals surface area (Å²) in [7, 11) is 0. The number of alkyl halides is 2. The molecule has 1 aromatic heterocycles. The number of halogens is 4. The average molecular weight is 328 g/mol. The Balaban J connectivity index is 3.20. The minimum absolute atomic E-state index is 0.0617. The van der Waals surface area contributed by atoms with Gasteiger partial charge in [-0.15, -0.1) is 0 Å². The fraction of sp³-hybridized carbons (Fsp3) is 0.250. The van der Waals surface area contributed by atoms with Crippen LogP contribution in [0.2, 0.25) is 5.02 Å². The van der Waals surface area contributed by atoms with Gasteiger partial charge in [0.1, 0.15) is 5.69 Å². The van der Waals surface area contributed by atoms with Crippen LogP contribution in [-0.4, -0.2) is 4.98 Å². The van der Waals surface area contributed by atoms with E-state index in [0.717, 1.165) is 0 Å². The van der Waals surface area contributed by atoms with Gasteiger partial charge in [-0.05, 0) is 28.2 Å². The van der Waals surface area contributed by atoms with Crippen molar-refractivity contribution in [3.63, 3.8) is 0 Å². The Bertz CT molecular complexity index is 390. The summed E-state index contributed by atoms with van der Waals surface area (Å²) < 4.78 is 25.1. The van der Waals surface area contributed by atoms with Crippen molar-refractivity contribution in [1.29, 1.82) is 5.26 Å². The maximum atomic E-state index is 12.3. The SMILES string of the molecule is N#CCc1cnc(C(F)F)c(Cl)c1I. The van der Waals surface area contributed by atoms with Crippen LogP contribution in [0, 0.1) is 14.9 Å². The van der Waals surface area contributed by atoms with Gasteiger partial charge in [-0.25, -0.2) is 8.78 Å². The standard InChI is InChI=1S/C8H4ClF2IN2/c9-5-6(12)4(1-2-13)3-14-7(5)8(10)11/h3,8H,1H2. The number of nitriles is 1. The maximum absolute atomic E-state index is 12.3. The molecule has 2 nitrogen and oxygen atoms in total. The molecule has 0 radical (unpaired) electrons. The quantitative estimate of drug-likeness (QED) is 0.781. The van der Waals surface area contributed by atoms with E-state index in [-0.39, 0.29) is 11.4 Å². The van der Waals surface area contributed by atoms with Crippen LogP contribution in [0.4, 0.5) is 8.78 Å². The molecular weight excluding hydrogens is 324 g/mol. The molecule has 0 amide bonds. The van der Waals surface area contributed by atoms with Crippen LogP contribution in [0.25, 0.3) is 0 Å². The van der Waals surface area contributed by atoms with Crippen molar-refractivity contribution < 1.29 is 8.78 Å². The van der Waals surface area contributed by atoms with Crippen molar-refractivity contribution in [2.45, 2.75) is 12.8 Å². The lowest BCUT2D eigenvalue weighted by Gasteiger charge is -2.06. The van der Waals surface area contributed by atoms with E-state index in [1.807, 2.05) is 28.7 Å². The molecule has 0 spiro atoms. The van der Waals surface area contributed by atoms with Gasteiger partial charge in [0.2, 0.25) is 0 Å². The van der Waals surface area contributed by atoms with E-state index in [2.05, 4.69) is 4.98 Å². The van der Waals surface area contributed by atoms with E-state index in [1.54, 1.807) is 0 Å². The lowest BCUT2D eigenvalue weighted by Crippen LogP contribution is -1.98. The Labute approximate surface area is 98.0 Å². The van der Waals surface area contributed by atoms with Crippen molar-refractivity contribution in [3.05, 3.63) is 26.0 Å². The number of hydrogen-bond donors (Lipinski definition) is 0. The zero-order valence-corrected chi connectivity index (χ0v) is 9.68. The second-order valence-corrected chi connectivity index (χ2v) is 3.89. The molecule has 0 bridgehead atoms. The van der Waals surface area contributed by atoms with Gasteiger partial charge in [-0.3, -0.25) is 4.98 Å². The van der Waals surface area contributed by atoms with Crippen molar-refractivity contribution >= 4 is 34.2 Å². The molecule has 1 aromatic rings. The highest BCUT2D eigenvalue weighted by Gasteiger charge is 2.17. The predicted molar refractivity (Wildman–Crippen MR) is 56.2 cm³/mol. The maximum Gasteiger partial charge on any atom is 0.281 e. The van der Waals surface area contributed by atoms with Gasteiger partial charge in [0.15, 0.2) is 0 Å². The molecule has 14 heavy (non-hydrogen) atoms. The number of pyridine rings is 1. The first-order valence-electron chi connectivity index (χ1n) is 3.55. The summed E-state index contributed by atoms with van der Waals surface area (Å²) in [6.07, 6.45) is -1.31. The third-order valence-corrected chi connectivity index (χ3v) is 3.47. The Morgan fingerprint density at radius 1 is 1.64 bits per heavy atom.